The summed E-state index contributed by atoms with van der Waals surface area (Å²) in [7, 11) is 0. The maximum atomic E-state index is 12.2. The average molecular weight is 267 g/mol. The van der Waals surface area contributed by atoms with Crippen LogP contribution in [0, 0.1) is 0 Å². The van der Waals surface area contributed by atoms with E-state index < -0.39 is 0 Å². The lowest BCUT2D eigenvalue weighted by molar-refractivity contribution is -0.135. The van der Waals surface area contributed by atoms with Crippen molar-refractivity contribution < 1.29 is 9.53 Å². The second-order valence-electron chi connectivity index (χ2n) is 5.50. The minimum Gasteiger partial charge on any atom is -0.379 e. The number of ether oxygens (including phenoxy) is 1. The summed E-state index contributed by atoms with van der Waals surface area (Å²) in [6.07, 6.45) is 0. The number of amides is 1. The summed E-state index contributed by atoms with van der Waals surface area (Å²) in [5.74, 6) is 0.261. The molecule has 0 N–H and O–H groups in total. The molecule has 1 amide bonds. The average Bonchev–Trinajstić information content (AvgIpc) is 2.40. The van der Waals surface area contributed by atoms with Crippen molar-refractivity contribution in [2.45, 2.75) is 6.92 Å². The van der Waals surface area contributed by atoms with Gasteiger partial charge in [-0.3, -0.25) is 14.6 Å². The lowest BCUT2D eigenvalue weighted by atomic mass is 10.2. The quantitative estimate of drug-likeness (QED) is 0.674. The van der Waals surface area contributed by atoms with Crippen LogP contribution >= 0.6 is 0 Å². The third-order valence-corrected chi connectivity index (χ3v) is 3.68. The highest BCUT2D eigenvalue weighted by molar-refractivity contribution is 5.78. The molecule has 2 heterocycles. The van der Waals surface area contributed by atoms with Crippen LogP contribution < -0.4 is 0 Å². The smallest absolute Gasteiger partial charge is 0.236 e. The molecular weight excluding hydrogens is 242 g/mol. The Morgan fingerprint density at radius 3 is 2.16 bits per heavy atom. The Balaban J connectivity index is 1.71. The molecule has 0 unspecified atom stereocenters. The minimum atomic E-state index is 0.261. The number of hydrogen-bond acceptors (Lipinski definition) is 4. The highest BCUT2D eigenvalue weighted by atomic mass is 16.5. The van der Waals surface area contributed by atoms with Gasteiger partial charge in [-0.05, 0) is 6.92 Å². The second kappa shape index (κ2) is 7.03. The first-order chi connectivity index (χ1) is 9.15. The number of nitrogens with zero attached hydrogens (tertiary/aromatic N) is 3. The molecule has 0 aromatic rings. The van der Waals surface area contributed by atoms with Crippen molar-refractivity contribution in [3.8, 4) is 0 Å². The molecule has 19 heavy (non-hydrogen) atoms. The maximum Gasteiger partial charge on any atom is 0.236 e. The molecule has 5 nitrogen and oxygen atoms in total. The Bertz CT molecular complexity index is 319. The molecule has 0 radical (unpaired) electrons. The van der Waals surface area contributed by atoms with Crippen molar-refractivity contribution in [2.24, 2.45) is 0 Å². The van der Waals surface area contributed by atoms with Crippen molar-refractivity contribution in [2.75, 3.05) is 65.6 Å². The summed E-state index contributed by atoms with van der Waals surface area (Å²) < 4.78 is 5.30. The molecule has 2 rings (SSSR count). The molecular formula is C14H25N3O2. The Hall–Kier alpha value is -0.910. The third-order valence-electron chi connectivity index (χ3n) is 3.68. The van der Waals surface area contributed by atoms with Gasteiger partial charge in [0.05, 0.1) is 19.8 Å². The molecule has 0 bridgehead atoms. The van der Waals surface area contributed by atoms with Crippen molar-refractivity contribution >= 4 is 5.91 Å². The fraction of sp³-hybridized carbons (Fsp3) is 0.786. The summed E-state index contributed by atoms with van der Waals surface area (Å²) in [5.41, 5.74) is 1.19. The molecule has 0 aromatic heterocycles. The van der Waals surface area contributed by atoms with Gasteiger partial charge in [0.2, 0.25) is 5.91 Å². The van der Waals surface area contributed by atoms with E-state index in [1.165, 1.54) is 5.57 Å². The van der Waals surface area contributed by atoms with Crippen molar-refractivity contribution in [1.82, 2.24) is 14.7 Å². The van der Waals surface area contributed by atoms with Crippen LogP contribution in [0.1, 0.15) is 6.92 Å². The Labute approximate surface area is 115 Å². The van der Waals surface area contributed by atoms with Crippen LogP contribution in [-0.4, -0.2) is 86.2 Å². The van der Waals surface area contributed by atoms with E-state index in [2.05, 4.69) is 23.3 Å². The van der Waals surface area contributed by atoms with Crippen LogP contribution in [0.2, 0.25) is 0 Å². The lowest BCUT2D eigenvalue weighted by Crippen LogP contribution is -2.52. The molecule has 5 heteroatoms. The van der Waals surface area contributed by atoms with E-state index in [0.29, 0.717) is 6.54 Å². The molecule has 108 valence electrons. The monoisotopic (exact) mass is 267 g/mol. The zero-order valence-corrected chi connectivity index (χ0v) is 11.9. The van der Waals surface area contributed by atoms with Crippen LogP contribution in [0.25, 0.3) is 0 Å². The zero-order valence-electron chi connectivity index (χ0n) is 11.9. The highest BCUT2D eigenvalue weighted by Crippen LogP contribution is 2.06. The van der Waals surface area contributed by atoms with Gasteiger partial charge in [0, 0.05) is 45.8 Å². The van der Waals surface area contributed by atoms with E-state index in [1.54, 1.807) is 0 Å². The first kappa shape index (κ1) is 14.5. The fourth-order valence-corrected chi connectivity index (χ4v) is 2.59. The second-order valence-corrected chi connectivity index (χ2v) is 5.50. The molecule has 2 saturated heterocycles. The van der Waals surface area contributed by atoms with Gasteiger partial charge in [0.1, 0.15) is 0 Å². The summed E-state index contributed by atoms with van der Waals surface area (Å²) in [6.45, 7) is 14.3. The van der Waals surface area contributed by atoms with Crippen LogP contribution in [0.5, 0.6) is 0 Å². The van der Waals surface area contributed by atoms with Crippen LogP contribution in [0.3, 0.4) is 0 Å². The lowest BCUT2D eigenvalue weighted by Gasteiger charge is -2.36. The standard InChI is InChI=1S/C14H25N3O2/c1-13(2)11-15-3-5-17(6-4-15)14(18)12-16-7-9-19-10-8-16/h1,3-12H2,2H3. The van der Waals surface area contributed by atoms with Gasteiger partial charge in [-0.25, -0.2) is 0 Å². The zero-order chi connectivity index (χ0) is 13.7. The summed E-state index contributed by atoms with van der Waals surface area (Å²) in [6, 6.07) is 0. The van der Waals surface area contributed by atoms with Crippen LogP contribution in [0.4, 0.5) is 0 Å². The molecule has 0 saturated carbocycles. The molecule has 2 aliphatic heterocycles. The van der Waals surface area contributed by atoms with E-state index in [4.69, 9.17) is 4.74 Å². The van der Waals surface area contributed by atoms with Crippen LogP contribution in [0.15, 0.2) is 12.2 Å². The molecule has 0 spiro atoms. The molecule has 2 aliphatic rings. The SMILES string of the molecule is C=C(C)CN1CCN(C(=O)CN2CCOCC2)CC1. The predicted octanol–water partition coefficient (Wildman–Crippen LogP) is 0.0389. The third kappa shape index (κ3) is 4.60. The number of rotatable bonds is 4. The first-order valence-corrected chi connectivity index (χ1v) is 7.10. The Morgan fingerprint density at radius 1 is 1.00 bits per heavy atom. The first-order valence-electron chi connectivity index (χ1n) is 7.10. The van der Waals surface area contributed by atoms with Crippen molar-refractivity contribution in [1.29, 1.82) is 0 Å². The molecule has 0 aliphatic carbocycles. The minimum absolute atomic E-state index is 0.261. The van der Waals surface area contributed by atoms with E-state index in [9.17, 15) is 4.79 Å². The molecule has 0 atom stereocenters. The summed E-state index contributed by atoms with van der Waals surface area (Å²) in [5, 5.41) is 0. The van der Waals surface area contributed by atoms with Gasteiger partial charge in [0.25, 0.3) is 0 Å². The van der Waals surface area contributed by atoms with Gasteiger partial charge in [0.15, 0.2) is 0 Å². The van der Waals surface area contributed by atoms with Gasteiger partial charge < -0.3 is 9.64 Å². The summed E-state index contributed by atoms with van der Waals surface area (Å²) >= 11 is 0. The highest BCUT2D eigenvalue weighted by Gasteiger charge is 2.23. The number of morpholine rings is 1. The summed E-state index contributed by atoms with van der Waals surface area (Å²) in [4.78, 5) is 18.7. The fourth-order valence-electron chi connectivity index (χ4n) is 2.59. The van der Waals surface area contributed by atoms with Gasteiger partial charge in [-0.15, -0.1) is 0 Å². The normalized spacial score (nSPS) is 22.5. The van der Waals surface area contributed by atoms with Crippen molar-refractivity contribution in [3.63, 3.8) is 0 Å². The number of carbonyl (C=O) groups excluding carboxylic acids is 1. The van der Waals surface area contributed by atoms with Crippen LogP contribution in [-0.2, 0) is 9.53 Å². The predicted molar refractivity (Wildman–Crippen MR) is 75.1 cm³/mol. The maximum absolute atomic E-state index is 12.2. The number of hydrogen-bond donors (Lipinski definition) is 0. The van der Waals surface area contributed by atoms with E-state index in [-0.39, 0.29) is 5.91 Å². The Kier molecular flexibility index (Phi) is 5.36. The van der Waals surface area contributed by atoms with Gasteiger partial charge in [-0.2, -0.15) is 0 Å². The molecule has 0 aromatic carbocycles. The van der Waals surface area contributed by atoms with Gasteiger partial charge >= 0.3 is 0 Å². The Morgan fingerprint density at radius 2 is 1.58 bits per heavy atom. The van der Waals surface area contributed by atoms with Crippen molar-refractivity contribution in [3.05, 3.63) is 12.2 Å². The molecule has 2 fully saturated rings. The largest absolute Gasteiger partial charge is 0.379 e. The number of carbonyl (C=O) groups is 1. The van der Waals surface area contributed by atoms with E-state index in [1.807, 2.05) is 4.90 Å². The number of piperazine rings is 1. The van der Waals surface area contributed by atoms with E-state index in [0.717, 1.165) is 59.0 Å². The van der Waals surface area contributed by atoms with E-state index >= 15 is 0 Å². The topological polar surface area (TPSA) is 36.0 Å². The van der Waals surface area contributed by atoms with Gasteiger partial charge in [-0.1, -0.05) is 12.2 Å².